The highest BCUT2D eigenvalue weighted by atomic mass is 35.5. The molecule has 4 aromatic rings. The average Bonchev–Trinajstić information content (AvgIpc) is 3.07. The molecule has 0 N–H and O–H groups in total. The highest BCUT2D eigenvalue weighted by molar-refractivity contribution is 6.31. The topological polar surface area (TPSA) is 56.2 Å². The molecular weight excluding hydrogens is 264 g/mol. The van der Waals surface area contributed by atoms with E-state index in [1.807, 2.05) is 18.2 Å². The summed E-state index contributed by atoms with van der Waals surface area (Å²) in [5.41, 5.74) is 2.39. The van der Waals surface area contributed by atoms with Gasteiger partial charge in [0.15, 0.2) is 11.5 Å². The highest BCUT2D eigenvalue weighted by Gasteiger charge is 2.10. The van der Waals surface area contributed by atoms with Gasteiger partial charge in [0.05, 0.1) is 17.3 Å². The number of nitrogens with zero attached hydrogens (tertiary/aromatic N) is 4. The van der Waals surface area contributed by atoms with E-state index in [0.29, 0.717) is 10.8 Å². The Labute approximate surface area is 112 Å². The number of benzene rings is 1. The SMILES string of the molecule is Clc1ccc2ncn3nc(-c4ccoc4)nc3c2c1. The Morgan fingerprint density at radius 2 is 2.16 bits per heavy atom. The minimum atomic E-state index is 0.600. The van der Waals surface area contributed by atoms with Crippen LogP contribution in [0.1, 0.15) is 0 Å². The van der Waals surface area contributed by atoms with E-state index >= 15 is 0 Å². The summed E-state index contributed by atoms with van der Waals surface area (Å²) in [6.07, 6.45) is 4.84. The van der Waals surface area contributed by atoms with Gasteiger partial charge < -0.3 is 4.42 Å². The first-order valence-electron chi connectivity index (χ1n) is 5.64. The molecule has 0 spiro atoms. The third kappa shape index (κ3) is 1.59. The van der Waals surface area contributed by atoms with Gasteiger partial charge in [0.1, 0.15) is 12.6 Å². The Morgan fingerprint density at radius 1 is 1.21 bits per heavy atom. The number of furan rings is 1. The van der Waals surface area contributed by atoms with Crippen molar-refractivity contribution >= 4 is 28.2 Å². The zero-order valence-electron chi connectivity index (χ0n) is 9.62. The van der Waals surface area contributed by atoms with Gasteiger partial charge in [-0.2, -0.15) is 0 Å². The molecule has 0 fully saturated rings. The fourth-order valence-electron chi connectivity index (χ4n) is 2.02. The molecular formula is C13H7ClN4O. The summed E-state index contributed by atoms with van der Waals surface area (Å²) in [5.74, 6) is 0.600. The van der Waals surface area contributed by atoms with E-state index in [4.69, 9.17) is 16.0 Å². The maximum atomic E-state index is 6.03. The Bertz CT molecular complexity index is 882. The second-order valence-corrected chi connectivity index (χ2v) is 4.56. The van der Waals surface area contributed by atoms with Crippen molar-refractivity contribution in [1.29, 1.82) is 0 Å². The van der Waals surface area contributed by atoms with Crippen molar-refractivity contribution in [2.24, 2.45) is 0 Å². The van der Waals surface area contributed by atoms with Gasteiger partial charge in [-0.3, -0.25) is 0 Å². The predicted molar refractivity (Wildman–Crippen MR) is 71.0 cm³/mol. The van der Waals surface area contributed by atoms with Gasteiger partial charge in [-0.15, -0.1) is 5.10 Å². The lowest BCUT2D eigenvalue weighted by Gasteiger charge is -1.98. The summed E-state index contributed by atoms with van der Waals surface area (Å²) in [7, 11) is 0. The van der Waals surface area contributed by atoms with Crippen LogP contribution in [0.4, 0.5) is 0 Å². The van der Waals surface area contributed by atoms with Crippen molar-refractivity contribution in [3.05, 3.63) is 48.1 Å². The molecule has 3 aromatic heterocycles. The summed E-state index contributed by atoms with van der Waals surface area (Å²) in [6, 6.07) is 7.33. The van der Waals surface area contributed by atoms with Gasteiger partial charge in [-0.25, -0.2) is 14.5 Å². The van der Waals surface area contributed by atoms with Crippen LogP contribution in [0.25, 0.3) is 27.9 Å². The lowest BCUT2D eigenvalue weighted by atomic mass is 10.2. The average molecular weight is 271 g/mol. The van der Waals surface area contributed by atoms with Crippen LogP contribution in [-0.4, -0.2) is 19.6 Å². The second-order valence-electron chi connectivity index (χ2n) is 4.12. The van der Waals surface area contributed by atoms with Crippen molar-refractivity contribution in [1.82, 2.24) is 19.6 Å². The molecule has 0 saturated heterocycles. The summed E-state index contributed by atoms with van der Waals surface area (Å²) in [5, 5.41) is 5.90. The lowest BCUT2D eigenvalue weighted by Crippen LogP contribution is -1.91. The fraction of sp³-hybridized carbons (Fsp3) is 0. The molecule has 92 valence electrons. The molecule has 0 aliphatic carbocycles. The molecule has 6 heteroatoms. The third-order valence-corrected chi connectivity index (χ3v) is 3.15. The first-order valence-corrected chi connectivity index (χ1v) is 6.02. The molecule has 3 heterocycles. The highest BCUT2D eigenvalue weighted by Crippen LogP contribution is 2.23. The summed E-state index contributed by atoms with van der Waals surface area (Å²) >= 11 is 6.03. The van der Waals surface area contributed by atoms with Crippen molar-refractivity contribution in [2.75, 3.05) is 0 Å². The molecule has 0 bridgehead atoms. The van der Waals surface area contributed by atoms with E-state index < -0.39 is 0 Å². The molecule has 0 aliphatic rings. The Hall–Kier alpha value is -2.40. The summed E-state index contributed by atoms with van der Waals surface area (Å²) in [6.45, 7) is 0. The Morgan fingerprint density at radius 3 is 3.00 bits per heavy atom. The number of hydrogen-bond acceptors (Lipinski definition) is 4. The van der Waals surface area contributed by atoms with E-state index in [1.54, 1.807) is 29.4 Å². The zero-order valence-corrected chi connectivity index (χ0v) is 10.4. The van der Waals surface area contributed by atoms with Crippen LogP contribution in [0, 0.1) is 0 Å². The van der Waals surface area contributed by atoms with Gasteiger partial charge in [0, 0.05) is 10.4 Å². The molecule has 0 atom stereocenters. The van der Waals surface area contributed by atoms with Crippen LogP contribution in [0.3, 0.4) is 0 Å². The largest absolute Gasteiger partial charge is 0.472 e. The fourth-order valence-corrected chi connectivity index (χ4v) is 2.19. The molecule has 0 radical (unpaired) electrons. The zero-order chi connectivity index (χ0) is 12.8. The van der Waals surface area contributed by atoms with E-state index in [2.05, 4.69) is 15.1 Å². The van der Waals surface area contributed by atoms with Gasteiger partial charge in [0.25, 0.3) is 0 Å². The number of hydrogen-bond donors (Lipinski definition) is 0. The summed E-state index contributed by atoms with van der Waals surface area (Å²) < 4.78 is 6.69. The molecule has 4 rings (SSSR count). The first-order chi connectivity index (χ1) is 9.31. The number of aromatic nitrogens is 4. The summed E-state index contributed by atoms with van der Waals surface area (Å²) in [4.78, 5) is 8.84. The Balaban J connectivity index is 2.07. The van der Waals surface area contributed by atoms with Gasteiger partial charge in [0.2, 0.25) is 0 Å². The molecule has 19 heavy (non-hydrogen) atoms. The Kier molecular flexibility index (Phi) is 2.10. The van der Waals surface area contributed by atoms with E-state index in [9.17, 15) is 0 Å². The minimum absolute atomic E-state index is 0.600. The quantitative estimate of drug-likeness (QED) is 0.533. The smallest absolute Gasteiger partial charge is 0.185 e. The van der Waals surface area contributed by atoms with Gasteiger partial charge >= 0.3 is 0 Å². The van der Waals surface area contributed by atoms with E-state index in [0.717, 1.165) is 22.1 Å². The van der Waals surface area contributed by atoms with Crippen molar-refractivity contribution in [3.63, 3.8) is 0 Å². The molecule has 0 aliphatic heterocycles. The van der Waals surface area contributed by atoms with E-state index in [1.165, 1.54) is 0 Å². The van der Waals surface area contributed by atoms with Crippen LogP contribution < -0.4 is 0 Å². The molecule has 1 aromatic carbocycles. The normalized spacial score (nSPS) is 11.4. The molecule has 5 nitrogen and oxygen atoms in total. The molecule has 0 unspecified atom stereocenters. The monoisotopic (exact) mass is 270 g/mol. The number of fused-ring (bicyclic) bond motifs is 3. The lowest BCUT2D eigenvalue weighted by molar-refractivity contribution is 0.568. The molecule has 0 amide bonds. The van der Waals surface area contributed by atoms with Crippen LogP contribution in [0.5, 0.6) is 0 Å². The van der Waals surface area contributed by atoms with Crippen LogP contribution >= 0.6 is 11.6 Å². The van der Waals surface area contributed by atoms with Gasteiger partial charge in [-0.1, -0.05) is 11.6 Å². The third-order valence-electron chi connectivity index (χ3n) is 2.92. The maximum absolute atomic E-state index is 6.03. The predicted octanol–water partition coefficient (Wildman–Crippen LogP) is 3.19. The van der Waals surface area contributed by atoms with Crippen molar-refractivity contribution in [2.45, 2.75) is 0 Å². The second kappa shape index (κ2) is 3.80. The van der Waals surface area contributed by atoms with Crippen LogP contribution in [0.2, 0.25) is 5.02 Å². The first kappa shape index (κ1) is 10.5. The number of rotatable bonds is 1. The molecule has 0 saturated carbocycles. The standard InChI is InChI=1S/C13H7ClN4O/c14-9-1-2-11-10(5-9)13-16-12(8-3-4-19-6-8)17-18(13)7-15-11/h1-7H. The van der Waals surface area contributed by atoms with Crippen molar-refractivity contribution < 1.29 is 4.42 Å². The van der Waals surface area contributed by atoms with Crippen LogP contribution in [-0.2, 0) is 0 Å². The maximum Gasteiger partial charge on any atom is 0.185 e. The van der Waals surface area contributed by atoms with E-state index in [-0.39, 0.29) is 0 Å². The van der Waals surface area contributed by atoms with Crippen LogP contribution in [0.15, 0.2) is 47.5 Å². The van der Waals surface area contributed by atoms with Crippen molar-refractivity contribution in [3.8, 4) is 11.4 Å². The number of halogens is 1. The minimum Gasteiger partial charge on any atom is -0.472 e. The van der Waals surface area contributed by atoms with Gasteiger partial charge in [-0.05, 0) is 24.3 Å².